The number of hydrogen-bond donors (Lipinski definition) is 1. The van der Waals surface area contributed by atoms with Gasteiger partial charge in [-0.05, 0) is 22.3 Å². The van der Waals surface area contributed by atoms with E-state index < -0.39 is 28.9 Å². The molecule has 140 valence electrons. The third-order valence-electron chi connectivity index (χ3n) is 5.14. The zero-order valence-corrected chi connectivity index (χ0v) is 15.4. The van der Waals surface area contributed by atoms with Crippen LogP contribution in [0.15, 0.2) is 48.5 Å². The van der Waals surface area contributed by atoms with Gasteiger partial charge < -0.3 is 9.84 Å². The van der Waals surface area contributed by atoms with E-state index in [-0.39, 0.29) is 30.6 Å². The molecule has 1 amide bonds. The number of carbonyl (C=O) groups excluding carboxylic acids is 1. The summed E-state index contributed by atoms with van der Waals surface area (Å²) < 4.78 is 17.2. The van der Waals surface area contributed by atoms with Crippen LogP contribution in [-0.4, -0.2) is 57.0 Å². The quantitative estimate of drug-likeness (QED) is 0.877. The molecular weight excluding hydrogens is 366 g/mol. The Balaban J connectivity index is 1.53. The Hall–Kier alpha value is -2.67. The maximum absolute atomic E-state index is 12.5. The highest BCUT2D eigenvalue weighted by Gasteiger charge is 2.37. The van der Waals surface area contributed by atoms with E-state index in [1.54, 1.807) is 0 Å². The van der Waals surface area contributed by atoms with Crippen molar-refractivity contribution in [1.82, 2.24) is 4.90 Å². The van der Waals surface area contributed by atoms with E-state index in [2.05, 4.69) is 12.1 Å². The van der Waals surface area contributed by atoms with Crippen molar-refractivity contribution >= 4 is 22.9 Å². The fourth-order valence-electron chi connectivity index (χ4n) is 3.81. The number of benzene rings is 2. The van der Waals surface area contributed by atoms with Gasteiger partial charge in [0.25, 0.3) is 0 Å². The van der Waals surface area contributed by atoms with Crippen LogP contribution < -0.4 is 0 Å². The molecule has 2 aliphatic rings. The Kier molecular flexibility index (Phi) is 4.70. The number of rotatable bonds is 3. The van der Waals surface area contributed by atoms with Gasteiger partial charge in [0, 0.05) is 29.0 Å². The second-order valence-electron chi connectivity index (χ2n) is 6.66. The molecule has 0 bridgehead atoms. The maximum Gasteiger partial charge on any atom is 0.410 e. The van der Waals surface area contributed by atoms with Gasteiger partial charge in [0.2, 0.25) is 0 Å². The lowest BCUT2D eigenvalue weighted by Crippen LogP contribution is -2.53. The van der Waals surface area contributed by atoms with Gasteiger partial charge in [-0.1, -0.05) is 48.5 Å². The van der Waals surface area contributed by atoms with Crippen molar-refractivity contribution in [3.8, 4) is 11.1 Å². The molecular formula is C20H19NO5S. The number of hydrogen-bond acceptors (Lipinski definition) is 4. The lowest BCUT2D eigenvalue weighted by Gasteiger charge is -2.31. The number of carboxylic acids is 1. The molecule has 6 nitrogen and oxygen atoms in total. The van der Waals surface area contributed by atoms with Crippen LogP contribution in [0.4, 0.5) is 4.79 Å². The van der Waals surface area contributed by atoms with Gasteiger partial charge in [-0.2, -0.15) is 0 Å². The average molecular weight is 385 g/mol. The van der Waals surface area contributed by atoms with Crippen molar-refractivity contribution in [2.45, 2.75) is 12.0 Å². The molecule has 2 unspecified atom stereocenters. The van der Waals surface area contributed by atoms with Crippen molar-refractivity contribution in [3.05, 3.63) is 59.7 Å². The highest BCUT2D eigenvalue weighted by Crippen LogP contribution is 2.44. The molecule has 7 heteroatoms. The minimum Gasteiger partial charge on any atom is -0.480 e. The smallest absolute Gasteiger partial charge is 0.410 e. The first-order valence-electron chi connectivity index (χ1n) is 8.75. The zero-order valence-electron chi connectivity index (χ0n) is 14.5. The second kappa shape index (κ2) is 7.15. The second-order valence-corrected chi connectivity index (χ2v) is 8.28. The summed E-state index contributed by atoms with van der Waals surface area (Å²) >= 11 is 0. The number of carbonyl (C=O) groups is 2. The third-order valence-corrected chi connectivity index (χ3v) is 6.46. The molecule has 0 radical (unpaired) electrons. The summed E-state index contributed by atoms with van der Waals surface area (Å²) in [6.45, 7) is 0.263. The van der Waals surface area contributed by atoms with E-state index in [4.69, 9.17) is 4.74 Å². The molecule has 1 fully saturated rings. The predicted octanol–water partition coefficient (Wildman–Crippen LogP) is 2.45. The van der Waals surface area contributed by atoms with Crippen LogP contribution >= 0.6 is 0 Å². The average Bonchev–Trinajstić information content (AvgIpc) is 3.00. The van der Waals surface area contributed by atoms with Crippen LogP contribution in [-0.2, 0) is 20.3 Å². The summed E-state index contributed by atoms with van der Waals surface area (Å²) in [6.07, 6.45) is -0.666. The van der Waals surface area contributed by atoms with E-state index in [0.29, 0.717) is 0 Å². The van der Waals surface area contributed by atoms with Crippen molar-refractivity contribution in [3.63, 3.8) is 0 Å². The van der Waals surface area contributed by atoms with E-state index in [9.17, 15) is 18.9 Å². The monoisotopic (exact) mass is 385 g/mol. The van der Waals surface area contributed by atoms with E-state index in [1.807, 2.05) is 36.4 Å². The molecule has 0 aromatic heterocycles. The number of ether oxygens (including phenoxy) is 1. The summed E-state index contributed by atoms with van der Waals surface area (Å²) in [5.74, 6) is -1.02. The molecule has 0 spiro atoms. The fourth-order valence-corrected chi connectivity index (χ4v) is 5.05. The first kappa shape index (κ1) is 17.7. The van der Waals surface area contributed by atoms with Crippen molar-refractivity contribution < 1.29 is 23.6 Å². The topological polar surface area (TPSA) is 83.9 Å². The van der Waals surface area contributed by atoms with Crippen LogP contribution in [0.25, 0.3) is 11.1 Å². The van der Waals surface area contributed by atoms with E-state index in [0.717, 1.165) is 22.3 Å². The zero-order chi connectivity index (χ0) is 19.0. The molecule has 2 aromatic rings. The molecule has 2 atom stereocenters. The summed E-state index contributed by atoms with van der Waals surface area (Å²) in [7, 11) is -1.22. The van der Waals surface area contributed by atoms with Crippen molar-refractivity contribution in [2.24, 2.45) is 0 Å². The van der Waals surface area contributed by atoms with Gasteiger partial charge in [-0.3, -0.25) is 9.11 Å². The van der Waals surface area contributed by atoms with Crippen LogP contribution in [0.2, 0.25) is 0 Å². The molecule has 2 aromatic carbocycles. The summed E-state index contributed by atoms with van der Waals surface area (Å²) in [6, 6.07) is 14.9. The van der Waals surface area contributed by atoms with Crippen LogP contribution in [0.3, 0.4) is 0 Å². The molecule has 1 heterocycles. The Morgan fingerprint density at radius 1 is 1.07 bits per heavy atom. The number of aliphatic carboxylic acids is 1. The number of nitrogens with zero attached hydrogens (tertiary/aromatic N) is 1. The molecule has 1 N–H and O–H groups in total. The van der Waals surface area contributed by atoms with Crippen molar-refractivity contribution in [2.75, 3.05) is 24.7 Å². The van der Waals surface area contributed by atoms with Gasteiger partial charge in [0.05, 0.1) is 5.75 Å². The van der Waals surface area contributed by atoms with E-state index in [1.165, 1.54) is 4.90 Å². The number of amides is 1. The van der Waals surface area contributed by atoms with E-state index >= 15 is 0 Å². The van der Waals surface area contributed by atoms with Crippen LogP contribution in [0, 0.1) is 0 Å². The van der Waals surface area contributed by atoms with Gasteiger partial charge in [0.1, 0.15) is 12.6 Å². The summed E-state index contributed by atoms with van der Waals surface area (Å²) in [5, 5.41) is 9.33. The largest absolute Gasteiger partial charge is 0.480 e. The number of carboxylic acid groups (broad SMARTS) is 1. The van der Waals surface area contributed by atoms with Gasteiger partial charge in [-0.15, -0.1) is 0 Å². The summed E-state index contributed by atoms with van der Waals surface area (Å²) in [5.41, 5.74) is 4.46. The Labute approximate surface area is 159 Å². The van der Waals surface area contributed by atoms with Crippen LogP contribution in [0.5, 0.6) is 0 Å². The highest BCUT2D eigenvalue weighted by atomic mass is 32.2. The Morgan fingerprint density at radius 3 is 2.26 bits per heavy atom. The standard InChI is InChI=1S/C20H19NO5S/c22-19(23)18-12-27(25)10-9-21(18)20(24)26-11-17-15-7-3-1-5-13(15)14-6-2-4-8-16(14)17/h1-8,17-18H,9-12H2,(H,22,23). The lowest BCUT2D eigenvalue weighted by molar-refractivity contribution is -0.142. The minimum atomic E-state index is -1.22. The SMILES string of the molecule is O=C(O)C1CS(=O)CCN1C(=O)OCC1c2ccccc2-c2ccccc21. The first-order valence-corrected chi connectivity index (χ1v) is 10.2. The molecule has 27 heavy (non-hydrogen) atoms. The van der Waals surface area contributed by atoms with Crippen molar-refractivity contribution in [1.29, 1.82) is 0 Å². The molecule has 4 rings (SSSR count). The molecule has 1 aliphatic carbocycles. The minimum absolute atomic E-state index is 0.0560. The van der Waals surface area contributed by atoms with Gasteiger partial charge in [0.15, 0.2) is 0 Å². The Morgan fingerprint density at radius 2 is 1.67 bits per heavy atom. The predicted molar refractivity (Wildman–Crippen MR) is 101 cm³/mol. The van der Waals surface area contributed by atoms with Gasteiger partial charge >= 0.3 is 12.1 Å². The fraction of sp³-hybridized carbons (Fsp3) is 0.300. The number of fused-ring (bicyclic) bond motifs is 3. The lowest BCUT2D eigenvalue weighted by atomic mass is 9.98. The molecule has 1 saturated heterocycles. The normalized spacial score (nSPS) is 21.4. The summed E-state index contributed by atoms with van der Waals surface area (Å²) in [4.78, 5) is 25.1. The van der Waals surface area contributed by atoms with Gasteiger partial charge in [-0.25, -0.2) is 9.59 Å². The highest BCUT2D eigenvalue weighted by molar-refractivity contribution is 7.85. The Bertz CT molecular complexity index is 883. The third kappa shape index (κ3) is 3.23. The maximum atomic E-state index is 12.5. The van der Waals surface area contributed by atoms with Crippen LogP contribution in [0.1, 0.15) is 17.0 Å². The molecule has 0 saturated carbocycles. The first-order chi connectivity index (χ1) is 13.1. The molecule has 1 aliphatic heterocycles.